The number of nitrogens with one attached hydrogen (secondary N) is 3. The van der Waals surface area contributed by atoms with Crippen molar-refractivity contribution in [3.63, 3.8) is 0 Å². The minimum atomic E-state index is -1.49. The van der Waals surface area contributed by atoms with Gasteiger partial charge < -0.3 is 44.1 Å². The van der Waals surface area contributed by atoms with Crippen LogP contribution >= 0.6 is 20.3 Å². The zero-order chi connectivity index (χ0) is 47.3. The number of urea groups is 1. The van der Waals surface area contributed by atoms with E-state index < -0.39 is 14.1 Å². The summed E-state index contributed by atoms with van der Waals surface area (Å²) in [6.07, 6.45) is 6.04. The lowest BCUT2D eigenvalue weighted by atomic mass is 9.80. The van der Waals surface area contributed by atoms with Crippen molar-refractivity contribution in [2.24, 2.45) is 0 Å². The van der Waals surface area contributed by atoms with E-state index in [0.717, 1.165) is 66.0 Å². The quantitative estimate of drug-likeness (QED) is 0.0254. The van der Waals surface area contributed by atoms with E-state index >= 15 is 0 Å². The van der Waals surface area contributed by atoms with Crippen LogP contribution in [0.3, 0.4) is 0 Å². The highest BCUT2D eigenvalue weighted by atomic mass is 32.2. The number of thioether (sulfide) groups is 1. The predicted molar refractivity (Wildman–Crippen MR) is 261 cm³/mol. The molecule has 3 N–H and O–H groups in total. The number of hydrogen-bond acceptors (Lipinski definition) is 11. The Bertz CT molecular complexity index is 1920. The topological polar surface area (TPSA) is 164 Å². The molecule has 2 heterocycles. The van der Waals surface area contributed by atoms with Crippen LogP contribution in [0.5, 0.6) is 11.5 Å². The second kappa shape index (κ2) is 27.4. The van der Waals surface area contributed by atoms with Crippen LogP contribution in [0.15, 0.2) is 78.9 Å². The van der Waals surface area contributed by atoms with Crippen LogP contribution < -0.4 is 25.4 Å². The Balaban J connectivity index is 1.22. The van der Waals surface area contributed by atoms with Gasteiger partial charge in [0.25, 0.3) is 8.53 Å². The minimum absolute atomic E-state index is 0.00978. The van der Waals surface area contributed by atoms with E-state index in [1.807, 2.05) is 83.4 Å². The lowest BCUT2D eigenvalue weighted by Gasteiger charge is -2.37. The Kier molecular flexibility index (Phi) is 21.8. The smallest absolute Gasteiger partial charge is 0.315 e. The Labute approximate surface area is 398 Å². The average molecular weight is 947 g/mol. The highest BCUT2D eigenvalue weighted by molar-refractivity contribution is 8.00. The first-order valence-corrected chi connectivity index (χ1v) is 25.6. The molecule has 1 unspecified atom stereocenters. The number of hydrogen-bond donors (Lipinski definition) is 3. The van der Waals surface area contributed by atoms with Crippen molar-refractivity contribution >= 4 is 38.1 Å². The lowest BCUT2D eigenvalue weighted by Crippen LogP contribution is -2.40. The summed E-state index contributed by atoms with van der Waals surface area (Å²) in [6.45, 7) is 10.3. The zero-order valence-corrected chi connectivity index (χ0v) is 41.4. The fourth-order valence-electron chi connectivity index (χ4n) is 8.61. The zero-order valence-electron chi connectivity index (χ0n) is 39.7. The van der Waals surface area contributed by atoms with E-state index in [9.17, 15) is 19.6 Å². The molecule has 0 bridgehead atoms. The summed E-state index contributed by atoms with van der Waals surface area (Å²) in [7, 11) is 1.80. The summed E-state index contributed by atoms with van der Waals surface area (Å²) in [5.41, 5.74) is 1.68. The fourth-order valence-corrected chi connectivity index (χ4v) is 11.7. The van der Waals surface area contributed by atoms with E-state index in [4.69, 9.17) is 23.3 Å². The number of nitrogens with zero attached hydrogens (tertiary/aromatic N) is 3. The molecule has 2 aliphatic rings. The number of rotatable bonds is 30. The van der Waals surface area contributed by atoms with Crippen molar-refractivity contribution in [1.29, 1.82) is 5.26 Å². The Morgan fingerprint density at radius 3 is 2.03 bits per heavy atom. The van der Waals surface area contributed by atoms with E-state index in [0.29, 0.717) is 44.1 Å². The van der Waals surface area contributed by atoms with Gasteiger partial charge in [0, 0.05) is 55.6 Å². The van der Waals surface area contributed by atoms with Gasteiger partial charge in [-0.3, -0.25) is 9.59 Å². The highest BCUT2D eigenvalue weighted by Crippen LogP contribution is 2.46. The number of carbonyl (C=O) groups is 3. The van der Waals surface area contributed by atoms with Gasteiger partial charge in [0.05, 0.1) is 58.6 Å². The molecule has 0 aliphatic carbocycles. The summed E-state index contributed by atoms with van der Waals surface area (Å²) in [5, 5.41) is 18.7. The van der Waals surface area contributed by atoms with Crippen molar-refractivity contribution < 1.29 is 37.6 Å². The summed E-state index contributed by atoms with van der Waals surface area (Å²) < 4.78 is 33.0. The van der Waals surface area contributed by atoms with Crippen molar-refractivity contribution in [3.05, 3.63) is 95.6 Å². The first kappa shape index (κ1) is 52.5. The SMILES string of the molecule is COc1ccc(C(OCCN(CCOP(OCCC#N)N(C(C)C)C(C)C)C(=O)CCCCCNC(=O)CCCC[C@@H]2SC[C@@H]3NC(=O)N[C@@H]32)(c2ccccc2)c2ccc(OC)cc2)cc1. The Hall–Kier alpha value is -4.42. The number of carbonyl (C=O) groups excluding carboxylic acids is 3. The first-order valence-electron chi connectivity index (χ1n) is 23.4. The molecule has 4 atom stereocenters. The first-order chi connectivity index (χ1) is 32.0. The molecule has 16 heteroatoms. The normalized spacial score (nSPS) is 17.3. The molecule has 0 radical (unpaired) electrons. The molecule has 0 spiro atoms. The van der Waals surface area contributed by atoms with Crippen molar-refractivity contribution in [2.45, 2.75) is 121 Å². The van der Waals surface area contributed by atoms with Gasteiger partial charge >= 0.3 is 6.03 Å². The molecule has 2 saturated heterocycles. The number of nitriles is 1. The molecule has 66 heavy (non-hydrogen) atoms. The summed E-state index contributed by atoms with van der Waals surface area (Å²) in [6, 6.07) is 28.6. The Morgan fingerprint density at radius 2 is 1.41 bits per heavy atom. The molecular weight excluding hydrogens is 876 g/mol. The molecule has 360 valence electrons. The van der Waals surface area contributed by atoms with E-state index in [-0.39, 0.29) is 68.3 Å². The summed E-state index contributed by atoms with van der Waals surface area (Å²) in [5.74, 6) is 2.42. The average Bonchev–Trinajstić information content (AvgIpc) is 3.88. The number of unbranched alkanes of at least 4 members (excludes halogenated alkanes) is 3. The van der Waals surface area contributed by atoms with Crippen LogP contribution in [0, 0.1) is 11.3 Å². The number of benzene rings is 3. The third kappa shape index (κ3) is 15.0. The second-order valence-corrected chi connectivity index (χ2v) is 19.9. The molecule has 4 amide bonds. The van der Waals surface area contributed by atoms with Gasteiger partial charge in [0.2, 0.25) is 11.8 Å². The van der Waals surface area contributed by atoms with Gasteiger partial charge in [-0.25, -0.2) is 9.46 Å². The van der Waals surface area contributed by atoms with E-state index in [1.165, 1.54) is 0 Å². The maximum Gasteiger partial charge on any atom is 0.315 e. The molecule has 0 saturated carbocycles. The number of fused-ring (bicyclic) bond motifs is 1. The number of amides is 4. The van der Waals surface area contributed by atoms with Gasteiger partial charge in [-0.2, -0.15) is 17.0 Å². The van der Waals surface area contributed by atoms with Gasteiger partial charge in [-0.15, -0.1) is 0 Å². The molecule has 0 aromatic heterocycles. The molecule has 3 aromatic carbocycles. The van der Waals surface area contributed by atoms with Crippen LogP contribution in [0.2, 0.25) is 0 Å². The molecule has 2 fully saturated rings. The van der Waals surface area contributed by atoms with Gasteiger partial charge in [-0.05, 0) is 94.3 Å². The minimum Gasteiger partial charge on any atom is -0.497 e. The number of methoxy groups -OCH3 is 2. The predicted octanol–water partition coefficient (Wildman–Crippen LogP) is 8.54. The van der Waals surface area contributed by atoms with Gasteiger partial charge in [-0.1, -0.05) is 67.4 Å². The fraction of sp³-hybridized carbons (Fsp3) is 0.560. The lowest BCUT2D eigenvalue weighted by molar-refractivity contribution is -0.133. The van der Waals surface area contributed by atoms with Crippen LogP contribution in [-0.4, -0.2) is 116 Å². The maximum absolute atomic E-state index is 14.2. The maximum atomic E-state index is 14.2. The van der Waals surface area contributed by atoms with Crippen molar-refractivity contribution in [1.82, 2.24) is 25.5 Å². The van der Waals surface area contributed by atoms with Crippen LogP contribution in [0.1, 0.15) is 102 Å². The molecule has 2 aliphatic heterocycles. The molecule has 3 aromatic rings. The van der Waals surface area contributed by atoms with Crippen LogP contribution in [0.25, 0.3) is 0 Å². The van der Waals surface area contributed by atoms with E-state index in [1.54, 1.807) is 14.2 Å². The molecular formula is C50H71N6O8PS. The summed E-state index contributed by atoms with van der Waals surface area (Å²) >= 11 is 1.90. The number of ether oxygens (including phenoxy) is 3. The third-order valence-electron chi connectivity index (χ3n) is 11.9. The summed E-state index contributed by atoms with van der Waals surface area (Å²) in [4.78, 5) is 40.3. The largest absolute Gasteiger partial charge is 0.497 e. The Morgan fingerprint density at radius 1 is 0.803 bits per heavy atom. The third-order valence-corrected chi connectivity index (χ3v) is 15.5. The van der Waals surface area contributed by atoms with Crippen molar-refractivity contribution in [2.75, 3.05) is 59.4 Å². The highest BCUT2D eigenvalue weighted by Gasteiger charge is 2.42. The second-order valence-electron chi connectivity index (χ2n) is 17.1. The molecule has 14 nitrogen and oxygen atoms in total. The van der Waals surface area contributed by atoms with Crippen LogP contribution in [0.4, 0.5) is 4.79 Å². The van der Waals surface area contributed by atoms with Gasteiger partial charge in [0.1, 0.15) is 17.1 Å². The molecule has 5 rings (SSSR count). The van der Waals surface area contributed by atoms with Crippen LogP contribution in [-0.2, 0) is 29.0 Å². The standard InChI is InChI=1S/C50H71N6O8PS/c1-37(2)56(38(3)4)65(63-33-15-29-51)64-35-32-55(47(58)20-11-8-14-30-52-46(57)19-13-12-18-45-48-44(36-66-45)53-49(59)54-48)31-34-62-50(39-16-9-7-10-17-39,40-21-25-42(60-5)26-22-40)41-23-27-43(61-6)28-24-41/h7,9-10,16-17,21-28,37-38,44-45,48H,8,11-15,18-20,30-36H2,1-6H3,(H,52,57)(H2,53,54,59)/t44-,45-,48-,65?/m0/s1. The van der Waals surface area contributed by atoms with Crippen molar-refractivity contribution in [3.8, 4) is 17.6 Å². The van der Waals surface area contributed by atoms with Gasteiger partial charge in [0.15, 0.2) is 0 Å². The monoisotopic (exact) mass is 946 g/mol. The van der Waals surface area contributed by atoms with E-state index in [2.05, 4.69) is 66.5 Å².